The predicted molar refractivity (Wildman–Crippen MR) is 77.9 cm³/mol. The highest BCUT2D eigenvalue weighted by Crippen LogP contribution is 2.30. The van der Waals surface area contributed by atoms with Crippen LogP contribution in [0.2, 0.25) is 0 Å². The second kappa shape index (κ2) is 7.05. The number of hydrogen-bond acceptors (Lipinski definition) is 3. The molecule has 2 rings (SSSR count). The Morgan fingerprint density at radius 1 is 1.30 bits per heavy atom. The molecule has 1 fully saturated rings. The molecule has 5 heteroatoms. The van der Waals surface area contributed by atoms with Gasteiger partial charge in [0.25, 0.3) is 0 Å². The smallest absolute Gasteiger partial charge is 0.227 e. The summed E-state index contributed by atoms with van der Waals surface area (Å²) >= 11 is 0. The molecule has 0 heterocycles. The molecule has 0 bridgehead atoms. The SMILES string of the molecule is NCCCC(=O)NCc1cccc(NC(=O)C2CC2)c1. The maximum atomic E-state index is 11.7. The minimum atomic E-state index is 0.00266. The molecule has 2 amide bonds. The van der Waals surface area contributed by atoms with Crippen LogP contribution >= 0.6 is 0 Å². The van der Waals surface area contributed by atoms with Gasteiger partial charge in [-0.2, -0.15) is 0 Å². The third-order valence-corrected chi connectivity index (χ3v) is 3.24. The average molecular weight is 275 g/mol. The Morgan fingerprint density at radius 3 is 2.80 bits per heavy atom. The van der Waals surface area contributed by atoms with Crippen molar-refractivity contribution >= 4 is 17.5 Å². The van der Waals surface area contributed by atoms with E-state index in [-0.39, 0.29) is 17.7 Å². The van der Waals surface area contributed by atoms with Crippen LogP contribution in [0.25, 0.3) is 0 Å². The largest absolute Gasteiger partial charge is 0.352 e. The third kappa shape index (κ3) is 4.66. The average Bonchev–Trinajstić information content (AvgIpc) is 3.28. The maximum absolute atomic E-state index is 11.7. The molecule has 1 aromatic carbocycles. The van der Waals surface area contributed by atoms with Crippen LogP contribution in [-0.4, -0.2) is 18.4 Å². The first-order valence-corrected chi connectivity index (χ1v) is 7.05. The Bertz CT molecular complexity index is 484. The molecular formula is C15H21N3O2. The first kappa shape index (κ1) is 14.5. The Balaban J connectivity index is 1.82. The van der Waals surface area contributed by atoms with Crippen molar-refractivity contribution < 1.29 is 9.59 Å². The lowest BCUT2D eigenvalue weighted by Gasteiger charge is -2.08. The van der Waals surface area contributed by atoms with E-state index in [1.165, 1.54) is 0 Å². The number of nitrogens with one attached hydrogen (secondary N) is 2. The van der Waals surface area contributed by atoms with Gasteiger partial charge in [-0.3, -0.25) is 9.59 Å². The van der Waals surface area contributed by atoms with Gasteiger partial charge in [0.2, 0.25) is 11.8 Å². The molecule has 0 aliphatic heterocycles. The fraction of sp³-hybridized carbons (Fsp3) is 0.467. The standard InChI is InChI=1S/C15H21N3O2/c16-8-2-5-14(19)17-10-11-3-1-4-13(9-11)18-15(20)12-6-7-12/h1,3-4,9,12H,2,5-8,10,16H2,(H,17,19)(H,18,20). The van der Waals surface area contributed by atoms with Crippen molar-refractivity contribution in [3.63, 3.8) is 0 Å². The highest BCUT2D eigenvalue weighted by molar-refractivity contribution is 5.94. The third-order valence-electron chi connectivity index (χ3n) is 3.24. The van der Waals surface area contributed by atoms with Crippen LogP contribution in [0.3, 0.4) is 0 Å². The van der Waals surface area contributed by atoms with Gasteiger partial charge in [-0.25, -0.2) is 0 Å². The Kier molecular flexibility index (Phi) is 5.12. The van der Waals surface area contributed by atoms with Gasteiger partial charge in [-0.05, 0) is 43.5 Å². The predicted octanol–water partition coefficient (Wildman–Crippen LogP) is 1.39. The zero-order valence-electron chi connectivity index (χ0n) is 11.5. The van der Waals surface area contributed by atoms with E-state index in [0.29, 0.717) is 25.9 Å². The van der Waals surface area contributed by atoms with Crippen LogP contribution in [0.4, 0.5) is 5.69 Å². The van der Waals surface area contributed by atoms with Crippen molar-refractivity contribution in [3.8, 4) is 0 Å². The lowest BCUT2D eigenvalue weighted by atomic mass is 10.2. The molecule has 0 atom stereocenters. The summed E-state index contributed by atoms with van der Waals surface area (Å²) in [4.78, 5) is 23.2. The first-order valence-electron chi connectivity index (χ1n) is 7.05. The molecule has 1 saturated carbocycles. The van der Waals surface area contributed by atoms with E-state index in [2.05, 4.69) is 10.6 Å². The van der Waals surface area contributed by atoms with Crippen molar-refractivity contribution in [2.24, 2.45) is 11.7 Å². The van der Waals surface area contributed by atoms with Gasteiger partial charge in [-0.15, -0.1) is 0 Å². The number of rotatable bonds is 7. The molecule has 0 aromatic heterocycles. The van der Waals surface area contributed by atoms with Crippen LogP contribution in [0.5, 0.6) is 0 Å². The summed E-state index contributed by atoms with van der Waals surface area (Å²) in [7, 11) is 0. The zero-order chi connectivity index (χ0) is 14.4. The lowest BCUT2D eigenvalue weighted by molar-refractivity contribution is -0.121. The molecule has 0 radical (unpaired) electrons. The number of amides is 2. The normalized spacial score (nSPS) is 13.8. The van der Waals surface area contributed by atoms with E-state index in [1.807, 2.05) is 24.3 Å². The second-order valence-electron chi connectivity index (χ2n) is 5.13. The summed E-state index contributed by atoms with van der Waals surface area (Å²) in [6, 6.07) is 7.56. The van der Waals surface area contributed by atoms with Gasteiger partial charge in [0.15, 0.2) is 0 Å². The molecule has 1 aliphatic carbocycles. The summed E-state index contributed by atoms with van der Waals surface area (Å²) in [6.45, 7) is 0.993. The second-order valence-corrected chi connectivity index (χ2v) is 5.13. The van der Waals surface area contributed by atoms with E-state index in [9.17, 15) is 9.59 Å². The van der Waals surface area contributed by atoms with E-state index >= 15 is 0 Å². The van der Waals surface area contributed by atoms with Crippen LogP contribution in [0, 0.1) is 5.92 Å². The number of anilines is 1. The Hall–Kier alpha value is -1.88. The van der Waals surface area contributed by atoms with Gasteiger partial charge < -0.3 is 16.4 Å². The first-order chi connectivity index (χ1) is 9.69. The fourth-order valence-electron chi connectivity index (χ4n) is 1.90. The fourth-order valence-corrected chi connectivity index (χ4v) is 1.90. The number of benzene rings is 1. The van der Waals surface area contributed by atoms with E-state index in [0.717, 1.165) is 24.1 Å². The van der Waals surface area contributed by atoms with E-state index < -0.39 is 0 Å². The van der Waals surface area contributed by atoms with Crippen molar-refractivity contribution in [1.29, 1.82) is 0 Å². The van der Waals surface area contributed by atoms with Gasteiger partial charge in [0, 0.05) is 24.6 Å². The van der Waals surface area contributed by atoms with E-state index in [4.69, 9.17) is 5.73 Å². The molecule has 0 spiro atoms. The highest BCUT2D eigenvalue weighted by atomic mass is 16.2. The van der Waals surface area contributed by atoms with E-state index in [1.54, 1.807) is 0 Å². The quantitative estimate of drug-likeness (QED) is 0.703. The Morgan fingerprint density at radius 2 is 2.10 bits per heavy atom. The molecule has 0 saturated heterocycles. The summed E-state index contributed by atoms with van der Waals surface area (Å²) in [6.07, 6.45) is 3.13. The molecular weight excluding hydrogens is 254 g/mol. The van der Waals surface area contributed by atoms with Crippen LogP contribution in [-0.2, 0) is 16.1 Å². The monoisotopic (exact) mass is 275 g/mol. The van der Waals surface area contributed by atoms with Crippen LogP contribution in [0.15, 0.2) is 24.3 Å². The molecule has 0 unspecified atom stereocenters. The van der Waals surface area contributed by atoms with Gasteiger partial charge in [0.1, 0.15) is 0 Å². The number of nitrogens with two attached hydrogens (primary N) is 1. The number of carbonyl (C=O) groups excluding carboxylic acids is 2. The van der Waals surface area contributed by atoms with Crippen molar-refractivity contribution in [1.82, 2.24) is 5.32 Å². The molecule has 1 aliphatic rings. The molecule has 20 heavy (non-hydrogen) atoms. The van der Waals surface area contributed by atoms with Gasteiger partial charge in [0.05, 0.1) is 0 Å². The van der Waals surface area contributed by atoms with Crippen molar-refractivity contribution in [2.45, 2.75) is 32.2 Å². The van der Waals surface area contributed by atoms with Crippen LogP contribution < -0.4 is 16.4 Å². The van der Waals surface area contributed by atoms with Crippen LogP contribution in [0.1, 0.15) is 31.2 Å². The highest BCUT2D eigenvalue weighted by Gasteiger charge is 2.29. The van der Waals surface area contributed by atoms with Gasteiger partial charge in [-0.1, -0.05) is 12.1 Å². The lowest BCUT2D eigenvalue weighted by Crippen LogP contribution is -2.23. The van der Waals surface area contributed by atoms with Crippen molar-refractivity contribution in [2.75, 3.05) is 11.9 Å². The molecule has 108 valence electrons. The van der Waals surface area contributed by atoms with Crippen molar-refractivity contribution in [3.05, 3.63) is 29.8 Å². The number of hydrogen-bond donors (Lipinski definition) is 3. The molecule has 4 N–H and O–H groups in total. The summed E-state index contributed by atoms with van der Waals surface area (Å²) < 4.78 is 0. The zero-order valence-corrected chi connectivity index (χ0v) is 11.5. The van der Waals surface area contributed by atoms with Gasteiger partial charge >= 0.3 is 0 Å². The maximum Gasteiger partial charge on any atom is 0.227 e. The minimum Gasteiger partial charge on any atom is -0.352 e. The summed E-state index contributed by atoms with van der Waals surface area (Å²) in [5.74, 6) is 0.284. The summed E-state index contributed by atoms with van der Waals surface area (Å²) in [5, 5.41) is 5.74. The molecule has 1 aromatic rings. The summed E-state index contributed by atoms with van der Waals surface area (Å²) in [5.41, 5.74) is 7.12. The topological polar surface area (TPSA) is 84.2 Å². The minimum absolute atomic E-state index is 0.00266. The Labute approximate surface area is 118 Å². The number of carbonyl (C=O) groups is 2. The molecule has 5 nitrogen and oxygen atoms in total.